The number of nitrogens with zero attached hydrogens (tertiary/aromatic N) is 5. The van der Waals surface area contributed by atoms with Crippen molar-refractivity contribution in [2.45, 2.75) is 71.8 Å². The number of fused-ring (bicyclic) bond motifs is 1. The fourth-order valence-electron chi connectivity index (χ4n) is 6.93. The van der Waals surface area contributed by atoms with Crippen LogP contribution in [0.15, 0.2) is 48.7 Å². The molecule has 6 rings (SSSR count). The molecular formula is C41H52Cl2N6O4Si. The molecule has 0 saturated carbocycles. The number of benzene rings is 2. The average molecular weight is 792 g/mol. The Balaban J connectivity index is 1.17. The van der Waals surface area contributed by atoms with Crippen molar-refractivity contribution >= 4 is 43.1 Å². The van der Waals surface area contributed by atoms with Crippen LogP contribution in [0.3, 0.4) is 0 Å². The van der Waals surface area contributed by atoms with Gasteiger partial charge in [0, 0.05) is 62.6 Å². The molecule has 0 aliphatic carbocycles. The number of hydrogen-bond donors (Lipinski definition) is 2. The van der Waals surface area contributed by atoms with Crippen LogP contribution in [0, 0.1) is 12.8 Å². The molecule has 2 aliphatic rings. The number of hydrogen-bond acceptors (Lipinski definition) is 9. The van der Waals surface area contributed by atoms with Gasteiger partial charge in [0.1, 0.15) is 11.4 Å². The predicted molar refractivity (Wildman–Crippen MR) is 219 cm³/mol. The minimum Gasteiger partial charge on any atom is -0.480 e. The van der Waals surface area contributed by atoms with Crippen LogP contribution in [0.25, 0.3) is 22.4 Å². The van der Waals surface area contributed by atoms with E-state index in [1.54, 1.807) is 19.4 Å². The molecule has 54 heavy (non-hydrogen) atoms. The highest BCUT2D eigenvalue weighted by Gasteiger charge is 2.37. The van der Waals surface area contributed by atoms with E-state index in [1.165, 1.54) is 5.56 Å². The van der Waals surface area contributed by atoms with Gasteiger partial charge >= 0.3 is 0 Å². The quantitative estimate of drug-likeness (QED) is 0.137. The summed E-state index contributed by atoms with van der Waals surface area (Å²) in [7, 11) is -0.246. The monoisotopic (exact) mass is 790 g/mol. The first-order chi connectivity index (χ1) is 25.7. The molecule has 0 spiro atoms. The van der Waals surface area contributed by atoms with Crippen LogP contribution in [-0.4, -0.2) is 90.6 Å². The third kappa shape index (κ3) is 8.83. The molecule has 10 nitrogen and oxygen atoms in total. The standard InChI is InChI=1S/C41H52Cl2N6O4Si/c1-26-20-33(45-35-23-48(17-15-28(26)35)18-19-53-54(6,7)41(2,3)4)39(51)46-32-13-9-11-30(38(32)43)29-10-8-12-31(37(29)42)34-21-44-36(40(47-34)52-5)24-49-16-14-27(22-49)25-50/h8-13,20-21,27,50H,14-19,22-25H2,1-7H3,(H,46,51). The fourth-order valence-corrected chi connectivity index (χ4v) is 8.56. The number of anilines is 1. The highest BCUT2D eigenvalue weighted by atomic mass is 35.5. The fraction of sp³-hybridized carbons (Fsp3) is 0.463. The predicted octanol–water partition coefficient (Wildman–Crippen LogP) is 8.28. The second-order valence-corrected chi connectivity index (χ2v) is 21.5. The highest BCUT2D eigenvalue weighted by molar-refractivity contribution is 6.74. The molecule has 1 unspecified atom stereocenters. The lowest BCUT2D eigenvalue weighted by Gasteiger charge is -2.37. The molecule has 4 heterocycles. The molecular weight excluding hydrogens is 739 g/mol. The van der Waals surface area contributed by atoms with Crippen molar-refractivity contribution in [3.63, 3.8) is 0 Å². The van der Waals surface area contributed by atoms with Gasteiger partial charge in [-0.3, -0.25) is 19.6 Å². The van der Waals surface area contributed by atoms with E-state index in [1.807, 2.05) is 43.3 Å². The van der Waals surface area contributed by atoms with Crippen LogP contribution in [0.5, 0.6) is 5.88 Å². The van der Waals surface area contributed by atoms with Gasteiger partial charge < -0.3 is 19.6 Å². The number of rotatable bonds is 12. The molecule has 0 radical (unpaired) electrons. The number of carbonyl (C=O) groups is 1. The summed E-state index contributed by atoms with van der Waals surface area (Å²) in [6.07, 6.45) is 3.55. The number of likely N-dealkylation sites (tertiary alicyclic amines) is 1. The van der Waals surface area contributed by atoms with E-state index in [2.05, 4.69) is 49.0 Å². The molecule has 13 heteroatoms. The third-order valence-corrected chi connectivity index (χ3v) is 16.6. The number of pyridine rings is 1. The summed E-state index contributed by atoms with van der Waals surface area (Å²) >= 11 is 14.1. The smallest absolute Gasteiger partial charge is 0.274 e. The number of methoxy groups -OCH3 is 1. The summed E-state index contributed by atoms with van der Waals surface area (Å²) in [4.78, 5) is 32.7. The Labute approximate surface area is 330 Å². The van der Waals surface area contributed by atoms with Gasteiger partial charge in [0.05, 0.1) is 40.4 Å². The van der Waals surface area contributed by atoms with Gasteiger partial charge in [-0.2, -0.15) is 0 Å². The average Bonchev–Trinajstić information content (AvgIpc) is 3.60. The van der Waals surface area contributed by atoms with Crippen LogP contribution < -0.4 is 10.1 Å². The summed E-state index contributed by atoms with van der Waals surface area (Å²) in [5, 5.41) is 13.5. The largest absolute Gasteiger partial charge is 0.480 e. The molecule has 288 valence electrons. The SMILES string of the molecule is COc1nc(-c2cccc(-c3cccc(NC(=O)c4cc(C)c5c(n4)CN(CCO[Si](C)(C)C(C)(C)C)CC5)c3Cl)c2Cl)cnc1CN1CCC(CO)C1. The number of ether oxygens (including phenoxy) is 1. The van der Waals surface area contributed by atoms with Gasteiger partial charge in [0.15, 0.2) is 8.32 Å². The van der Waals surface area contributed by atoms with E-state index in [-0.39, 0.29) is 23.5 Å². The molecule has 0 bridgehead atoms. The van der Waals surface area contributed by atoms with Crippen molar-refractivity contribution in [3.8, 4) is 28.3 Å². The van der Waals surface area contributed by atoms with Crippen LogP contribution in [-0.2, 0) is 23.9 Å². The zero-order chi connectivity index (χ0) is 38.8. The molecule has 2 aliphatic heterocycles. The number of halogens is 2. The first-order valence-electron chi connectivity index (χ1n) is 18.7. The Morgan fingerprint density at radius 1 is 1.04 bits per heavy atom. The number of aliphatic hydroxyl groups excluding tert-OH is 1. The van der Waals surface area contributed by atoms with Crippen molar-refractivity contribution in [3.05, 3.63) is 86.9 Å². The maximum Gasteiger partial charge on any atom is 0.274 e. The molecule has 1 atom stereocenters. The van der Waals surface area contributed by atoms with Gasteiger partial charge in [-0.1, -0.05) is 74.3 Å². The number of nitrogens with one attached hydrogen (secondary N) is 1. The topological polar surface area (TPSA) is 113 Å². The van der Waals surface area contributed by atoms with E-state index in [4.69, 9.17) is 47.3 Å². The van der Waals surface area contributed by atoms with E-state index in [0.29, 0.717) is 69.4 Å². The first-order valence-corrected chi connectivity index (χ1v) is 22.3. The molecule has 2 N–H and O–H groups in total. The van der Waals surface area contributed by atoms with Gasteiger partial charge in [0.2, 0.25) is 5.88 Å². The van der Waals surface area contributed by atoms with E-state index in [0.717, 1.165) is 56.0 Å². The summed E-state index contributed by atoms with van der Waals surface area (Å²) < 4.78 is 12.1. The second kappa shape index (κ2) is 16.7. The molecule has 2 aromatic carbocycles. The first kappa shape index (κ1) is 40.2. The zero-order valence-corrected chi connectivity index (χ0v) is 34.9. The molecule has 1 fully saturated rings. The van der Waals surface area contributed by atoms with Crippen molar-refractivity contribution in [1.82, 2.24) is 24.8 Å². The van der Waals surface area contributed by atoms with Gasteiger partial charge in [-0.25, -0.2) is 9.97 Å². The van der Waals surface area contributed by atoms with Crippen molar-refractivity contribution < 1.29 is 19.1 Å². The number of aromatic nitrogens is 3. The normalized spacial score (nSPS) is 16.7. The Kier molecular flexibility index (Phi) is 12.5. The molecule has 4 aromatic rings. The summed E-state index contributed by atoms with van der Waals surface area (Å²) in [5.41, 5.74) is 7.32. The number of aryl methyl sites for hydroxylation is 1. The lowest BCUT2D eigenvalue weighted by atomic mass is 9.98. The van der Waals surface area contributed by atoms with Crippen LogP contribution in [0.1, 0.15) is 60.2 Å². The van der Waals surface area contributed by atoms with E-state index >= 15 is 0 Å². The van der Waals surface area contributed by atoms with E-state index in [9.17, 15) is 9.90 Å². The molecule has 1 saturated heterocycles. The zero-order valence-electron chi connectivity index (χ0n) is 32.4. The Bertz CT molecular complexity index is 2010. The van der Waals surface area contributed by atoms with Crippen molar-refractivity contribution in [2.75, 3.05) is 51.8 Å². The Morgan fingerprint density at radius 2 is 1.76 bits per heavy atom. The number of aliphatic hydroxyl groups is 1. The highest BCUT2D eigenvalue weighted by Crippen LogP contribution is 2.42. The Morgan fingerprint density at radius 3 is 2.46 bits per heavy atom. The minimum absolute atomic E-state index is 0.165. The minimum atomic E-state index is -1.83. The van der Waals surface area contributed by atoms with Crippen LogP contribution in [0.4, 0.5) is 5.69 Å². The lowest BCUT2D eigenvalue weighted by Crippen LogP contribution is -2.43. The van der Waals surface area contributed by atoms with Crippen molar-refractivity contribution in [1.29, 1.82) is 0 Å². The lowest BCUT2D eigenvalue weighted by molar-refractivity contribution is 0.102. The summed E-state index contributed by atoms with van der Waals surface area (Å²) in [6, 6.07) is 13.0. The Hall–Kier alpha value is -3.42. The number of amides is 1. The van der Waals surface area contributed by atoms with Crippen LogP contribution >= 0.6 is 23.2 Å². The van der Waals surface area contributed by atoms with Gasteiger partial charge in [-0.05, 0) is 73.6 Å². The maximum atomic E-state index is 13.7. The maximum absolute atomic E-state index is 13.7. The molecule has 1 amide bonds. The molecule has 2 aromatic heterocycles. The second-order valence-electron chi connectivity index (χ2n) is 16.0. The van der Waals surface area contributed by atoms with Crippen molar-refractivity contribution in [2.24, 2.45) is 5.92 Å². The summed E-state index contributed by atoms with van der Waals surface area (Å²) in [5.74, 6) is 0.378. The van der Waals surface area contributed by atoms with Gasteiger partial charge in [0.25, 0.3) is 5.91 Å². The van der Waals surface area contributed by atoms with E-state index < -0.39 is 8.32 Å². The van der Waals surface area contributed by atoms with Gasteiger partial charge in [-0.15, -0.1) is 0 Å². The number of carbonyl (C=O) groups excluding carboxylic acids is 1. The summed E-state index contributed by atoms with van der Waals surface area (Å²) in [6.45, 7) is 19.0. The third-order valence-electron chi connectivity index (χ3n) is 11.2. The van der Waals surface area contributed by atoms with Crippen LogP contribution in [0.2, 0.25) is 28.2 Å².